The number of amides is 1. The quantitative estimate of drug-likeness (QED) is 0.503. The predicted molar refractivity (Wildman–Crippen MR) is 91.9 cm³/mol. The zero-order chi connectivity index (χ0) is 17.4. The van der Waals surface area contributed by atoms with Crippen molar-refractivity contribution in [3.05, 3.63) is 64.4 Å². The molecule has 0 fully saturated rings. The lowest BCUT2D eigenvalue weighted by atomic mass is 10.2. The van der Waals surface area contributed by atoms with Crippen molar-refractivity contribution in [1.29, 1.82) is 0 Å². The molecule has 0 aromatic heterocycles. The van der Waals surface area contributed by atoms with Crippen LogP contribution >= 0.6 is 11.6 Å². The second-order valence-electron chi connectivity index (χ2n) is 4.89. The summed E-state index contributed by atoms with van der Waals surface area (Å²) in [6, 6.07) is 11.9. The largest absolute Gasteiger partial charge is 0.445 e. The SMILES string of the molecule is Nc1cc(Cl)c(C#CCCNC(=O)OCc2ccccc2)cc1F. The molecule has 0 aliphatic carbocycles. The summed E-state index contributed by atoms with van der Waals surface area (Å²) < 4.78 is 18.4. The molecule has 0 unspecified atom stereocenters. The molecule has 0 aliphatic heterocycles. The molecule has 124 valence electrons. The Balaban J connectivity index is 1.73. The van der Waals surface area contributed by atoms with Gasteiger partial charge in [-0.1, -0.05) is 53.8 Å². The van der Waals surface area contributed by atoms with Gasteiger partial charge in [-0.05, 0) is 17.7 Å². The van der Waals surface area contributed by atoms with Crippen molar-refractivity contribution in [2.75, 3.05) is 12.3 Å². The first-order valence-electron chi connectivity index (χ1n) is 7.24. The van der Waals surface area contributed by atoms with Gasteiger partial charge in [-0.15, -0.1) is 0 Å². The van der Waals surface area contributed by atoms with Gasteiger partial charge in [-0.3, -0.25) is 0 Å². The van der Waals surface area contributed by atoms with Gasteiger partial charge in [0.25, 0.3) is 0 Å². The zero-order valence-electron chi connectivity index (χ0n) is 12.8. The summed E-state index contributed by atoms with van der Waals surface area (Å²) in [5, 5.41) is 2.87. The first-order valence-corrected chi connectivity index (χ1v) is 7.62. The number of anilines is 1. The van der Waals surface area contributed by atoms with E-state index >= 15 is 0 Å². The molecule has 1 amide bonds. The van der Waals surface area contributed by atoms with Crippen LogP contribution in [0.1, 0.15) is 17.5 Å². The standard InChI is InChI=1S/C18H16ClFN2O2/c19-15-11-17(21)16(20)10-14(15)8-4-5-9-22-18(23)24-12-13-6-2-1-3-7-13/h1-3,6-7,10-11H,5,9,12,21H2,(H,22,23). The molecule has 24 heavy (non-hydrogen) atoms. The molecule has 3 N–H and O–H groups in total. The van der Waals surface area contributed by atoms with E-state index in [0.717, 1.165) is 5.56 Å². The van der Waals surface area contributed by atoms with E-state index in [1.54, 1.807) is 0 Å². The molecular formula is C18H16ClFN2O2. The summed E-state index contributed by atoms with van der Waals surface area (Å²) in [5.41, 5.74) is 6.65. The fraction of sp³-hybridized carbons (Fsp3) is 0.167. The van der Waals surface area contributed by atoms with Gasteiger partial charge >= 0.3 is 6.09 Å². The van der Waals surface area contributed by atoms with Crippen molar-refractivity contribution >= 4 is 23.4 Å². The van der Waals surface area contributed by atoms with Crippen molar-refractivity contribution < 1.29 is 13.9 Å². The Morgan fingerprint density at radius 1 is 1.29 bits per heavy atom. The Kier molecular flexibility index (Phi) is 6.47. The molecule has 0 heterocycles. The molecule has 2 rings (SSSR count). The number of nitrogens with two attached hydrogens (primary N) is 1. The van der Waals surface area contributed by atoms with Crippen molar-refractivity contribution in [1.82, 2.24) is 5.32 Å². The van der Waals surface area contributed by atoms with Crippen molar-refractivity contribution in [2.45, 2.75) is 13.0 Å². The number of halogens is 2. The first kappa shape index (κ1) is 17.6. The van der Waals surface area contributed by atoms with Crippen molar-refractivity contribution in [3.8, 4) is 11.8 Å². The van der Waals surface area contributed by atoms with Crippen LogP contribution < -0.4 is 11.1 Å². The second kappa shape index (κ2) is 8.80. The van der Waals surface area contributed by atoms with E-state index in [9.17, 15) is 9.18 Å². The Morgan fingerprint density at radius 2 is 2.04 bits per heavy atom. The van der Waals surface area contributed by atoms with Crippen molar-refractivity contribution in [3.63, 3.8) is 0 Å². The van der Waals surface area contributed by atoms with Crippen LogP contribution in [0.3, 0.4) is 0 Å². The zero-order valence-corrected chi connectivity index (χ0v) is 13.6. The van der Waals surface area contributed by atoms with E-state index in [1.807, 2.05) is 30.3 Å². The van der Waals surface area contributed by atoms with Crippen LogP contribution in [-0.4, -0.2) is 12.6 Å². The number of hydrogen-bond acceptors (Lipinski definition) is 3. The van der Waals surface area contributed by atoms with Gasteiger partial charge in [-0.25, -0.2) is 9.18 Å². The van der Waals surface area contributed by atoms with E-state index < -0.39 is 11.9 Å². The lowest BCUT2D eigenvalue weighted by molar-refractivity contribution is 0.140. The summed E-state index contributed by atoms with van der Waals surface area (Å²) in [7, 11) is 0. The fourth-order valence-corrected chi connectivity index (χ4v) is 2.04. The maximum absolute atomic E-state index is 13.3. The molecular weight excluding hydrogens is 331 g/mol. The minimum absolute atomic E-state index is 0.0200. The predicted octanol–water partition coefficient (Wildman–Crippen LogP) is 3.73. The number of rotatable bonds is 4. The van der Waals surface area contributed by atoms with Crippen LogP contribution in [-0.2, 0) is 11.3 Å². The first-order chi connectivity index (χ1) is 11.6. The van der Waals surface area contributed by atoms with Crippen LogP contribution in [0.25, 0.3) is 0 Å². The van der Waals surface area contributed by atoms with Crippen molar-refractivity contribution in [2.24, 2.45) is 0 Å². The average molecular weight is 347 g/mol. The molecule has 0 bridgehead atoms. The normalized spacial score (nSPS) is 9.75. The number of nitrogen functional groups attached to an aromatic ring is 1. The molecule has 2 aromatic carbocycles. The molecule has 2 aromatic rings. The van der Waals surface area contributed by atoms with E-state index in [-0.39, 0.29) is 17.3 Å². The van der Waals surface area contributed by atoms with Gasteiger partial charge in [0.05, 0.1) is 10.7 Å². The van der Waals surface area contributed by atoms with Crippen LogP contribution in [0.4, 0.5) is 14.9 Å². The van der Waals surface area contributed by atoms with E-state index in [2.05, 4.69) is 17.2 Å². The highest BCUT2D eigenvalue weighted by atomic mass is 35.5. The fourth-order valence-electron chi connectivity index (χ4n) is 1.82. The van der Waals surface area contributed by atoms with Gasteiger partial charge in [0, 0.05) is 18.5 Å². The number of benzene rings is 2. The Hall–Kier alpha value is -2.71. The minimum Gasteiger partial charge on any atom is -0.445 e. The molecule has 0 atom stereocenters. The maximum atomic E-state index is 13.3. The topological polar surface area (TPSA) is 64.3 Å². The van der Waals surface area contributed by atoms with Gasteiger partial charge in [0.2, 0.25) is 0 Å². The van der Waals surface area contributed by atoms with Gasteiger partial charge in [0.1, 0.15) is 12.4 Å². The van der Waals surface area contributed by atoms with Crippen LogP contribution in [0.2, 0.25) is 5.02 Å². The highest BCUT2D eigenvalue weighted by Gasteiger charge is 2.04. The third kappa shape index (κ3) is 5.49. The summed E-state index contributed by atoms with van der Waals surface area (Å²) in [6.07, 6.45) is -0.139. The molecule has 6 heteroatoms. The molecule has 0 saturated heterocycles. The summed E-state index contributed by atoms with van der Waals surface area (Å²) in [4.78, 5) is 11.5. The maximum Gasteiger partial charge on any atom is 0.407 e. The number of ether oxygens (including phenoxy) is 1. The molecule has 0 saturated carbocycles. The highest BCUT2D eigenvalue weighted by molar-refractivity contribution is 6.32. The van der Waals surface area contributed by atoms with Crippen LogP contribution in [0.15, 0.2) is 42.5 Å². The van der Waals surface area contributed by atoms with Gasteiger partial charge < -0.3 is 15.8 Å². The highest BCUT2D eigenvalue weighted by Crippen LogP contribution is 2.21. The van der Waals surface area contributed by atoms with Gasteiger partial charge in [0.15, 0.2) is 0 Å². The van der Waals surface area contributed by atoms with Gasteiger partial charge in [-0.2, -0.15) is 0 Å². The number of carbonyl (C=O) groups excluding carboxylic acids is 1. The molecule has 0 radical (unpaired) electrons. The monoisotopic (exact) mass is 346 g/mol. The second-order valence-corrected chi connectivity index (χ2v) is 5.30. The third-order valence-corrected chi connectivity index (χ3v) is 3.35. The Bertz CT molecular complexity index is 770. The smallest absolute Gasteiger partial charge is 0.407 e. The lowest BCUT2D eigenvalue weighted by Gasteiger charge is -2.05. The average Bonchev–Trinajstić information content (AvgIpc) is 2.58. The van der Waals surface area contributed by atoms with E-state index in [1.165, 1.54) is 12.1 Å². The summed E-state index contributed by atoms with van der Waals surface area (Å²) in [6.45, 7) is 0.522. The number of carbonyl (C=O) groups is 1. The third-order valence-electron chi connectivity index (χ3n) is 3.04. The lowest BCUT2D eigenvalue weighted by Crippen LogP contribution is -2.24. The van der Waals surface area contributed by atoms with E-state index in [4.69, 9.17) is 22.1 Å². The Labute approximate surface area is 144 Å². The molecule has 4 nitrogen and oxygen atoms in total. The Morgan fingerprint density at radius 3 is 2.79 bits per heavy atom. The number of alkyl carbamates (subject to hydrolysis) is 1. The van der Waals surface area contributed by atoms with E-state index in [0.29, 0.717) is 18.5 Å². The molecule has 0 aliphatic rings. The number of nitrogens with one attached hydrogen (secondary N) is 1. The van der Waals surface area contributed by atoms with Crippen LogP contribution in [0.5, 0.6) is 0 Å². The molecule has 0 spiro atoms. The number of hydrogen-bond donors (Lipinski definition) is 2. The van der Waals surface area contributed by atoms with Crippen LogP contribution in [0, 0.1) is 17.7 Å². The summed E-state index contributed by atoms with van der Waals surface area (Å²) in [5.74, 6) is 4.99. The summed E-state index contributed by atoms with van der Waals surface area (Å²) >= 11 is 5.93. The minimum atomic E-state index is -0.564.